The molecular formula is C13H16N2. The Morgan fingerprint density at radius 1 is 1.33 bits per heavy atom. The van der Waals surface area contributed by atoms with E-state index in [4.69, 9.17) is 5.26 Å². The molecule has 2 nitrogen and oxygen atoms in total. The van der Waals surface area contributed by atoms with E-state index in [0.29, 0.717) is 6.42 Å². The molecule has 1 aromatic rings. The molecule has 0 amide bonds. The van der Waals surface area contributed by atoms with E-state index in [0.717, 1.165) is 13.0 Å². The topological polar surface area (TPSA) is 27.0 Å². The molecule has 0 spiro atoms. The summed E-state index contributed by atoms with van der Waals surface area (Å²) < 4.78 is 0. The number of hydrogen-bond acceptors (Lipinski definition) is 2. The van der Waals surface area contributed by atoms with Crippen LogP contribution in [0.1, 0.15) is 18.4 Å². The second kappa shape index (κ2) is 6.67. The van der Waals surface area contributed by atoms with Gasteiger partial charge in [0.25, 0.3) is 0 Å². The van der Waals surface area contributed by atoms with Crippen LogP contribution >= 0.6 is 0 Å². The Labute approximate surface area is 91.4 Å². The minimum atomic E-state index is 0.593. The summed E-state index contributed by atoms with van der Waals surface area (Å²) in [4.78, 5) is 2.12. The molecule has 0 N–H and O–H groups in total. The van der Waals surface area contributed by atoms with Gasteiger partial charge >= 0.3 is 0 Å². The van der Waals surface area contributed by atoms with E-state index >= 15 is 0 Å². The first-order chi connectivity index (χ1) is 7.33. The van der Waals surface area contributed by atoms with Crippen molar-refractivity contribution < 1.29 is 0 Å². The molecular weight excluding hydrogens is 184 g/mol. The first kappa shape index (κ1) is 11.3. The molecule has 1 rings (SSSR count). The smallest absolute Gasteiger partial charge is 0.0625 e. The molecule has 0 aliphatic heterocycles. The number of benzene rings is 1. The fraction of sp³-hybridized carbons (Fsp3) is 0.308. The quantitative estimate of drug-likeness (QED) is 0.683. The van der Waals surface area contributed by atoms with Crippen LogP contribution < -0.4 is 0 Å². The summed E-state index contributed by atoms with van der Waals surface area (Å²) >= 11 is 0. The van der Waals surface area contributed by atoms with Crippen LogP contribution in [-0.2, 0) is 6.54 Å². The second-order valence-corrected chi connectivity index (χ2v) is 3.48. The van der Waals surface area contributed by atoms with Crippen molar-refractivity contribution in [2.45, 2.75) is 19.4 Å². The molecule has 2 heteroatoms. The fourth-order valence-electron chi connectivity index (χ4n) is 1.33. The molecule has 0 aliphatic carbocycles. The Kier molecular flexibility index (Phi) is 5.03. The summed E-state index contributed by atoms with van der Waals surface area (Å²) in [5.41, 5.74) is 1.30. The highest BCUT2D eigenvalue weighted by Crippen LogP contribution is 2.03. The summed E-state index contributed by atoms with van der Waals surface area (Å²) in [6, 6.07) is 12.5. The Balaban J connectivity index is 2.33. The summed E-state index contributed by atoms with van der Waals surface area (Å²) in [5.74, 6) is 0. The van der Waals surface area contributed by atoms with Crippen LogP contribution in [0.5, 0.6) is 0 Å². The third-order valence-electron chi connectivity index (χ3n) is 2.06. The van der Waals surface area contributed by atoms with Crippen LogP contribution in [0.4, 0.5) is 0 Å². The van der Waals surface area contributed by atoms with Crippen LogP contribution in [0.3, 0.4) is 0 Å². The number of rotatable bonds is 5. The lowest BCUT2D eigenvalue weighted by atomic mass is 10.2. The molecule has 0 aliphatic rings. The molecule has 0 bridgehead atoms. The molecule has 0 unspecified atom stereocenters. The molecule has 1 aromatic carbocycles. The molecule has 0 saturated carbocycles. The van der Waals surface area contributed by atoms with Gasteiger partial charge in [-0.25, -0.2) is 0 Å². The van der Waals surface area contributed by atoms with E-state index in [1.54, 1.807) is 0 Å². The largest absolute Gasteiger partial charge is 0.376 e. The zero-order valence-electron chi connectivity index (χ0n) is 9.06. The van der Waals surface area contributed by atoms with E-state index in [-0.39, 0.29) is 0 Å². The van der Waals surface area contributed by atoms with Crippen molar-refractivity contribution in [1.29, 1.82) is 5.26 Å². The van der Waals surface area contributed by atoms with Gasteiger partial charge in [0.2, 0.25) is 0 Å². The third kappa shape index (κ3) is 4.87. The van der Waals surface area contributed by atoms with Crippen molar-refractivity contribution in [2.24, 2.45) is 0 Å². The predicted octanol–water partition coefficient (Wildman–Crippen LogP) is 2.94. The van der Waals surface area contributed by atoms with E-state index in [1.807, 2.05) is 37.5 Å². The lowest BCUT2D eigenvalue weighted by Crippen LogP contribution is -2.09. The highest BCUT2D eigenvalue weighted by Gasteiger charge is 1.93. The van der Waals surface area contributed by atoms with Gasteiger partial charge in [0.1, 0.15) is 0 Å². The van der Waals surface area contributed by atoms with Crippen molar-refractivity contribution in [3.63, 3.8) is 0 Å². The van der Waals surface area contributed by atoms with Crippen molar-refractivity contribution >= 4 is 0 Å². The lowest BCUT2D eigenvalue weighted by molar-refractivity contribution is 0.449. The lowest BCUT2D eigenvalue weighted by Gasteiger charge is -2.13. The monoisotopic (exact) mass is 200 g/mol. The normalized spacial score (nSPS) is 10.1. The van der Waals surface area contributed by atoms with Gasteiger partial charge < -0.3 is 4.90 Å². The molecule has 0 saturated heterocycles. The molecule has 0 atom stereocenters. The van der Waals surface area contributed by atoms with E-state index in [2.05, 4.69) is 23.1 Å². The van der Waals surface area contributed by atoms with Crippen LogP contribution in [0.2, 0.25) is 0 Å². The zero-order valence-corrected chi connectivity index (χ0v) is 9.06. The average molecular weight is 200 g/mol. The minimum Gasteiger partial charge on any atom is -0.376 e. The zero-order chi connectivity index (χ0) is 10.9. The first-order valence-electron chi connectivity index (χ1n) is 5.10. The number of hydrogen-bond donors (Lipinski definition) is 0. The molecule has 0 aromatic heterocycles. The van der Waals surface area contributed by atoms with Crippen LogP contribution in [0.25, 0.3) is 0 Å². The Morgan fingerprint density at radius 3 is 2.73 bits per heavy atom. The van der Waals surface area contributed by atoms with Crippen molar-refractivity contribution in [1.82, 2.24) is 4.90 Å². The standard InChI is InChI=1S/C13H16N2/c1-15(11-7-3-6-10-14)12-13-8-4-2-5-9-13/h2,4-5,7-9,11H,3,6,12H2,1H3. The Morgan fingerprint density at radius 2 is 2.07 bits per heavy atom. The maximum absolute atomic E-state index is 8.37. The maximum atomic E-state index is 8.37. The molecule has 15 heavy (non-hydrogen) atoms. The minimum absolute atomic E-state index is 0.593. The second-order valence-electron chi connectivity index (χ2n) is 3.48. The summed E-state index contributed by atoms with van der Waals surface area (Å²) in [7, 11) is 2.04. The summed E-state index contributed by atoms with van der Waals surface area (Å²) in [5, 5.41) is 8.37. The van der Waals surface area contributed by atoms with Crippen LogP contribution in [0.15, 0.2) is 42.6 Å². The SMILES string of the molecule is CN(C=CCCC#N)Cc1ccccc1. The van der Waals surface area contributed by atoms with Gasteiger partial charge in [-0.1, -0.05) is 36.4 Å². The van der Waals surface area contributed by atoms with Crippen LogP contribution in [-0.4, -0.2) is 11.9 Å². The highest BCUT2D eigenvalue weighted by molar-refractivity contribution is 5.14. The number of nitriles is 1. The van der Waals surface area contributed by atoms with Crippen molar-refractivity contribution in [3.05, 3.63) is 48.2 Å². The van der Waals surface area contributed by atoms with Crippen molar-refractivity contribution in [2.75, 3.05) is 7.05 Å². The average Bonchev–Trinajstić information content (AvgIpc) is 2.26. The summed E-state index contributed by atoms with van der Waals surface area (Å²) in [6.45, 7) is 0.907. The van der Waals surface area contributed by atoms with Gasteiger partial charge in [-0.15, -0.1) is 0 Å². The Hall–Kier alpha value is -1.75. The van der Waals surface area contributed by atoms with Gasteiger partial charge in [-0.3, -0.25) is 0 Å². The van der Waals surface area contributed by atoms with Crippen molar-refractivity contribution in [3.8, 4) is 6.07 Å². The highest BCUT2D eigenvalue weighted by atomic mass is 15.1. The van der Waals surface area contributed by atoms with Gasteiger partial charge in [-0.05, 0) is 18.2 Å². The molecule has 0 radical (unpaired) electrons. The Bertz CT molecular complexity index is 335. The fourth-order valence-corrected chi connectivity index (χ4v) is 1.33. The number of unbranched alkanes of at least 4 members (excludes halogenated alkanes) is 1. The third-order valence-corrected chi connectivity index (χ3v) is 2.06. The van der Waals surface area contributed by atoms with E-state index in [9.17, 15) is 0 Å². The van der Waals surface area contributed by atoms with Gasteiger partial charge in [-0.2, -0.15) is 5.26 Å². The van der Waals surface area contributed by atoms with Gasteiger partial charge in [0.15, 0.2) is 0 Å². The molecule has 0 heterocycles. The molecule has 0 fully saturated rings. The first-order valence-corrected chi connectivity index (χ1v) is 5.10. The van der Waals surface area contributed by atoms with E-state index < -0.39 is 0 Å². The molecule has 78 valence electrons. The van der Waals surface area contributed by atoms with Gasteiger partial charge in [0.05, 0.1) is 6.07 Å². The maximum Gasteiger partial charge on any atom is 0.0625 e. The summed E-state index contributed by atoms with van der Waals surface area (Å²) in [6.07, 6.45) is 5.49. The number of allylic oxidation sites excluding steroid dienone is 1. The van der Waals surface area contributed by atoms with Crippen LogP contribution in [0, 0.1) is 11.3 Å². The van der Waals surface area contributed by atoms with E-state index in [1.165, 1.54) is 5.56 Å². The number of nitrogens with zero attached hydrogens (tertiary/aromatic N) is 2. The van der Waals surface area contributed by atoms with Gasteiger partial charge in [0, 0.05) is 20.0 Å². The predicted molar refractivity (Wildman–Crippen MR) is 61.9 cm³/mol.